The van der Waals surface area contributed by atoms with Gasteiger partial charge in [0.25, 0.3) is 0 Å². The van der Waals surface area contributed by atoms with Crippen LogP contribution in [0.5, 0.6) is 0 Å². The van der Waals surface area contributed by atoms with E-state index in [0.29, 0.717) is 29.1 Å². The Morgan fingerprint density at radius 1 is 1.15 bits per heavy atom. The number of Topliss-reactive ketones (excluding diaryl/α,β-unsaturated/α-hetero) is 1. The minimum absolute atomic E-state index is 0.00597. The molecule has 0 saturated heterocycles. The number of rotatable bonds is 5. The highest BCUT2D eigenvalue weighted by atomic mass is 35.5. The van der Waals surface area contributed by atoms with Crippen LogP contribution in [0.4, 0.5) is 4.39 Å². The van der Waals surface area contributed by atoms with E-state index >= 15 is 0 Å². The predicted octanol–water partition coefficient (Wildman–Crippen LogP) is 3.41. The highest BCUT2D eigenvalue weighted by Crippen LogP contribution is 2.18. The summed E-state index contributed by atoms with van der Waals surface area (Å²) in [6.45, 7) is 0.468. The van der Waals surface area contributed by atoms with Crippen molar-refractivity contribution in [2.75, 3.05) is 6.54 Å². The minimum atomic E-state index is -0.418. The smallest absolute Gasteiger partial charge is 0.167 e. The molecule has 0 heterocycles. The monoisotopic (exact) mass is 291 g/mol. The zero-order valence-corrected chi connectivity index (χ0v) is 11.7. The van der Waals surface area contributed by atoms with Crippen molar-refractivity contribution in [3.05, 3.63) is 70.0 Å². The van der Waals surface area contributed by atoms with Gasteiger partial charge in [-0.05, 0) is 42.3 Å². The van der Waals surface area contributed by atoms with Crippen molar-refractivity contribution in [1.82, 2.24) is 0 Å². The molecule has 0 aliphatic rings. The molecule has 0 unspecified atom stereocenters. The second-order valence-corrected chi connectivity index (χ2v) is 4.97. The lowest BCUT2D eigenvalue weighted by atomic mass is 9.96. The maximum Gasteiger partial charge on any atom is 0.167 e. The normalized spacial score (nSPS) is 10.6. The van der Waals surface area contributed by atoms with Crippen LogP contribution in [-0.4, -0.2) is 12.3 Å². The Hall–Kier alpha value is -1.71. The Bertz CT molecular complexity index is 628. The van der Waals surface area contributed by atoms with Crippen LogP contribution in [0.25, 0.3) is 0 Å². The zero-order valence-electron chi connectivity index (χ0n) is 10.9. The van der Waals surface area contributed by atoms with E-state index in [2.05, 4.69) is 0 Å². The lowest BCUT2D eigenvalue weighted by Gasteiger charge is -2.08. The third-order valence-corrected chi connectivity index (χ3v) is 3.33. The standard InChI is InChI=1S/C16H15ClFNO/c17-13-5-6-15(18)12(9-13)10-16(20)14-4-2-1-3-11(14)7-8-19/h1-6,9H,7-8,10,19H2. The van der Waals surface area contributed by atoms with Gasteiger partial charge < -0.3 is 5.73 Å². The summed E-state index contributed by atoms with van der Waals surface area (Å²) in [5, 5.41) is 0.421. The van der Waals surface area contributed by atoms with Gasteiger partial charge in [0.2, 0.25) is 0 Å². The second-order valence-electron chi connectivity index (χ2n) is 4.53. The molecule has 0 saturated carbocycles. The summed E-state index contributed by atoms with van der Waals surface area (Å²) in [5.41, 5.74) is 7.33. The number of ketones is 1. The van der Waals surface area contributed by atoms with Crippen LogP contribution in [0, 0.1) is 5.82 Å². The fourth-order valence-electron chi connectivity index (χ4n) is 2.11. The zero-order chi connectivity index (χ0) is 14.5. The van der Waals surface area contributed by atoms with Gasteiger partial charge in [0, 0.05) is 17.0 Å². The lowest BCUT2D eigenvalue weighted by Crippen LogP contribution is -2.11. The van der Waals surface area contributed by atoms with Gasteiger partial charge in [-0.25, -0.2) is 4.39 Å². The van der Waals surface area contributed by atoms with Gasteiger partial charge in [-0.2, -0.15) is 0 Å². The van der Waals surface area contributed by atoms with Crippen LogP contribution >= 0.6 is 11.6 Å². The molecule has 20 heavy (non-hydrogen) atoms. The number of halogens is 2. The Morgan fingerprint density at radius 3 is 2.65 bits per heavy atom. The molecular formula is C16H15ClFNO. The van der Waals surface area contributed by atoms with E-state index in [-0.39, 0.29) is 12.2 Å². The van der Waals surface area contributed by atoms with Crippen molar-refractivity contribution in [3.63, 3.8) is 0 Å². The Morgan fingerprint density at radius 2 is 1.90 bits per heavy atom. The average Bonchev–Trinajstić information content (AvgIpc) is 2.44. The number of hydrogen-bond acceptors (Lipinski definition) is 2. The van der Waals surface area contributed by atoms with Gasteiger partial charge >= 0.3 is 0 Å². The van der Waals surface area contributed by atoms with Crippen molar-refractivity contribution in [2.45, 2.75) is 12.8 Å². The Balaban J connectivity index is 2.26. The highest BCUT2D eigenvalue weighted by molar-refractivity contribution is 6.30. The fraction of sp³-hybridized carbons (Fsp3) is 0.188. The van der Waals surface area contributed by atoms with Crippen LogP contribution in [0.2, 0.25) is 5.02 Å². The Labute approximate surface area is 122 Å². The molecule has 0 fully saturated rings. The van der Waals surface area contributed by atoms with E-state index in [1.54, 1.807) is 12.1 Å². The molecule has 0 aliphatic heterocycles. The van der Waals surface area contributed by atoms with Crippen molar-refractivity contribution < 1.29 is 9.18 Å². The molecule has 2 nitrogen and oxygen atoms in total. The van der Waals surface area contributed by atoms with Gasteiger partial charge in [-0.15, -0.1) is 0 Å². The first kappa shape index (κ1) is 14.7. The van der Waals surface area contributed by atoms with Gasteiger partial charge in [-0.3, -0.25) is 4.79 Å². The largest absolute Gasteiger partial charge is 0.330 e. The van der Waals surface area contributed by atoms with E-state index < -0.39 is 5.82 Å². The molecule has 0 amide bonds. The summed E-state index contributed by atoms with van der Waals surface area (Å²) in [6.07, 6.45) is 0.619. The van der Waals surface area contributed by atoms with E-state index in [0.717, 1.165) is 5.56 Å². The van der Waals surface area contributed by atoms with Gasteiger partial charge in [0.15, 0.2) is 5.78 Å². The van der Waals surface area contributed by atoms with Gasteiger partial charge in [0.05, 0.1) is 0 Å². The van der Waals surface area contributed by atoms with Crippen LogP contribution in [0.3, 0.4) is 0 Å². The van der Waals surface area contributed by atoms with Crippen molar-refractivity contribution in [2.24, 2.45) is 5.73 Å². The number of nitrogens with two attached hydrogens (primary N) is 1. The SMILES string of the molecule is NCCc1ccccc1C(=O)Cc1cc(Cl)ccc1F. The van der Waals surface area contributed by atoms with Crippen LogP contribution in [-0.2, 0) is 12.8 Å². The summed E-state index contributed by atoms with van der Waals surface area (Å²) in [5.74, 6) is -0.547. The molecule has 0 atom stereocenters. The number of benzene rings is 2. The molecule has 0 aliphatic carbocycles. The van der Waals surface area contributed by atoms with E-state index in [9.17, 15) is 9.18 Å². The third kappa shape index (κ3) is 3.44. The highest BCUT2D eigenvalue weighted by Gasteiger charge is 2.14. The van der Waals surface area contributed by atoms with Gasteiger partial charge in [-0.1, -0.05) is 35.9 Å². The molecular weight excluding hydrogens is 277 g/mol. The first-order valence-corrected chi connectivity index (χ1v) is 6.74. The lowest BCUT2D eigenvalue weighted by molar-refractivity contribution is 0.0991. The summed E-state index contributed by atoms with van der Waals surface area (Å²) >= 11 is 5.83. The first-order chi connectivity index (χ1) is 9.61. The fourth-order valence-corrected chi connectivity index (χ4v) is 2.31. The van der Waals surface area contributed by atoms with Crippen molar-refractivity contribution in [3.8, 4) is 0 Å². The molecule has 0 aromatic heterocycles. The molecule has 0 bridgehead atoms. The van der Waals surface area contributed by atoms with E-state index in [1.165, 1.54) is 18.2 Å². The quantitative estimate of drug-likeness (QED) is 0.858. The molecule has 2 N–H and O–H groups in total. The maximum atomic E-state index is 13.7. The Kier molecular flexibility index (Phi) is 4.88. The molecule has 4 heteroatoms. The summed E-state index contributed by atoms with van der Waals surface area (Å²) in [4.78, 5) is 12.3. The van der Waals surface area contributed by atoms with E-state index in [4.69, 9.17) is 17.3 Å². The minimum Gasteiger partial charge on any atom is -0.330 e. The molecule has 2 rings (SSSR count). The molecule has 104 valence electrons. The van der Waals surface area contributed by atoms with E-state index in [1.807, 2.05) is 12.1 Å². The molecule has 2 aromatic carbocycles. The maximum absolute atomic E-state index is 13.7. The molecule has 0 spiro atoms. The summed E-state index contributed by atoms with van der Waals surface area (Å²) < 4.78 is 13.7. The van der Waals surface area contributed by atoms with Crippen molar-refractivity contribution >= 4 is 17.4 Å². The number of carbonyl (C=O) groups excluding carboxylic acids is 1. The topological polar surface area (TPSA) is 43.1 Å². The number of carbonyl (C=O) groups is 1. The number of hydrogen-bond donors (Lipinski definition) is 1. The molecule has 2 aromatic rings. The van der Waals surface area contributed by atoms with Crippen LogP contribution < -0.4 is 5.73 Å². The average molecular weight is 292 g/mol. The van der Waals surface area contributed by atoms with Crippen LogP contribution in [0.1, 0.15) is 21.5 Å². The predicted molar refractivity (Wildman–Crippen MR) is 78.6 cm³/mol. The van der Waals surface area contributed by atoms with Crippen LogP contribution in [0.15, 0.2) is 42.5 Å². The summed E-state index contributed by atoms with van der Waals surface area (Å²) in [6, 6.07) is 11.5. The van der Waals surface area contributed by atoms with Gasteiger partial charge in [0.1, 0.15) is 5.82 Å². The first-order valence-electron chi connectivity index (χ1n) is 6.37. The van der Waals surface area contributed by atoms with Crippen molar-refractivity contribution in [1.29, 1.82) is 0 Å². The summed E-state index contributed by atoms with van der Waals surface area (Å²) in [7, 11) is 0. The third-order valence-electron chi connectivity index (χ3n) is 3.09. The second kappa shape index (κ2) is 6.64. The molecule has 0 radical (unpaired) electrons.